The fraction of sp³-hybridized carbons (Fsp3) is 0.485. The molecule has 0 unspecified atom stereocenters. The van der Waals surface area contributed by atoms with Crippen molar-refractivity contribution in [1.29, 1.82) is 0 Å². The van der Waals surface area contributed by atoms with Crippen molar-refractivity contribution < 1.29 is 22.7 Å². The summed E-state index contributed by atoms with van der Waals surface area (Å²) in [6.07, 6.45) is 6.27. The normalized spacial score (nSPS) is 21.4. The molecule has 6 rings (SSSR count). The van der Waals surface area contributed by atoms with E-state index >= 15 is 0 Å². The van der Waals surface area contributed by atoms with Crippen LogP contribution in [0.1, 0.15) is 83.7 Å². The van der Waals surface area contributed by atoms with Crippen LogP contribution in [0.5, 0.6) is 0 Å². The molecule has 0 radical (unpaired) electrons. The van der Waals surface area contributed by atoms with Gasteiger partial charge >= 0.3 is 12.1 Å². The van der Waals surface area contributed by atoms with Gasteiger partial charge in [0.15, 0.2) is 0 Å². The summed E-state index contributed by atoms with van der Waals surface area (Å²) < 4.78 is 36.1. The second-order valence-electron chi connectivity index (χ2n) is 13.5. The summed E-state index contributed by atoms with van der Waals surface area (Å²) in [5, 5.41) is 9.40. The Labute approximate surface area is 269 Å². The molecular weight excluding hydrogens is 611 g/mol. The lowest BCUT2D eigenvalue weighted by Gasteiger charge is -2.51. The van der Waals surface area contributed by atoms with Crippen LogP contribution in [0.3, 0.4) is 0 Å². The van der Waals surface area contributed by atoms with Gasteiger partial charge in [-0.2, -0.15) is 0 Å². The van der Waals surface area contributed by atoms with Crippen molar-refractivity contribution in [2.45, 2.75) is 107 Å². The van der Waals surface area contributed by atoms with Gasteiger partial charge in [0.1, 0.15) is 5.60 Å². The predicted molar refractivity (Wildman–Crippen MR) is 177 cm³/mol. The molecule has 10 nitrogen and oxygen atoms in total. The van der Waals surface area contributed by atoms with Crippen LogP contribution in [0.2, 0.25) is 0 Å². The van der Waals surface area contributed by atoms with Crippen molar-refractivity contribution in [2.75, 3.05) is 5.32 Å². The van der Waals surface area contributed by atoms with Gasteiger partial charge in [0.2, 0.25) is 10.0 Å². The number of benzene rings is 2. The Balaban J connectivity index is 1.37. The van der Waals surface area contributed by atoms with Gasteiger partial charge in [-0.3, -0.25) is 0 Å². The molecule has 0 atom stereocenters. The van der Waals surface area contributed by atoms with Crippen molar-refractivity contribution in [3.63, 3.8) is 0 Å². The van der Waals surface area contributed by atoms with Crippen molar-refractivity contribution in [3.8, 4) is 10.4 Å². The lowest BCUT2D eigenvalue weighted by Crippen LogP contribution is -2.52. The minimum atomic E-state index is -3.96. The molecule has 45 heavy (non-hydrogen) atoms. The Morgan fingerprint density at radius 2 is 1.67 bits per heavy atom. The van der Waals surface area contributed by atoms with Crippen LogP contribution in [0, 0.1) is 0 Å². The van der Waals surface area contributed by atoms with Crippen molar-refractivity contribution >= 4 is 39.2 Å². The monoisotopic (exact) mass is 653 g/mol. The zero-order valence-electron chi connectivity index (χ0n) is 26.5. The maximum absolute atomic E-state index is 13.7. The van der Waals surface area contributed by atoms with E-state index in [1.54, 1.807) is 39.1 Å². The first-order chi connectivity index (χ1) is 21.2. The molecule has 3 amide bonds. The van der Waals surface area contributed by atoms with E-state index in [1.807, 2.05) is 44.2 Å². The zero-order chi connectivity index (χ0) is 32.5. The smallest absolute Gasteiger partial charge is 0.407 e. The number of sulfonamides is 1. The zero-order valence-corrected chi connectivity index (χ0v) is 28.2. The average Bonchev–Trinajstić information content (AvgIpc) is 3.47. The first kappa shape index (κ1) is 32.9. The fourth-order valence-corrected chi connectivity index (χ4v) is 9.13. The number of thiazole rings is 1. The van der Waals surface area contributed by atoms with Gasteiger partial charge in [0.05, 0.1) is 14.8 Å². The van der Waals surface area contributed by atoms with Crippen LogP contribution in [0.4, 0.5) is 15.3 Å². The number of carbonyl (C=O) groups is 2. The third-order valence-electron chi connectivity index (χ3n) is 8.38. The molecule has 3 aliphatic carbocycles. The fourth-order valence-electron chi connectivity index (χ4n) is 6.17. The number of aromatic nitrogens is 1. The van der Waals surface area contributed by atoms with Crippen LogP contribution in [0.15, 0.2) is 59.6 Å². The second kappa shape index (κ2) is 12.7. The van der Waals surface area contributed by atoms with Gasteiger partial charge in [-0.05, 0) is 90.8 Å². The first-order valence-corrected chi connectivity index (χ1v) is 17.7. The molecule has 3 aliphatic rings. The molecular formula is C33H43N5O5S2. The largest absolute Gasteiger partial charge is 0.443 e. The number of ether oxygens (including phenoxy) is 1. The van der Waals surface area contributed by atoms with Crippen LogP contribution < -0.4 is 20.7 Å². The summed E-state index contributed by atoms with van der Waals surface area (Å²) in [5.74, 6) is 0. The van der Waals surface area contributed by atoms with E-state index in [0.717, 1.165) is 54.0 Å². The van der Waals surface area contributed by atoms with E-state index in [0.29, 0.717) is 17.8 Å². The van der Waals surface area contributed by atoms with Crippen LogP contribution in [0.25, 0.3) is 10.4 Å². The topological polar surface area (TPSA) is 139 Å². The van der Waals surface area contributed by atoms with Crippen LogP contribution >= 0.6 is 11.3 Å². The first-order valence-electron chi connectivity index (χ1n) is 15.4. The number of carbonyl (C=O) groups excluding carboxylic acids is 2. The Morgan fingerprint density at radius 1 is 1.00 bits per heavy atom. The Kier molecular flexibility index (Phi) is 9.30. The summed E-state index contributed by atoms with van der Waals surface area (Å²) >= 11 is 1.51. The number of urea groups is 1. The summed E-state index contributed by atoms with van der Waals surface area (Å²) in [6.45, 7) is 9.53. The highest BCUT2D eigenvalue weighted by Gasteiger charge is 2.53. The maximum atomic E-state index is 13.7. The van der Waals surface area contributed by atoms with Crippen molar-refractivity contribution in [1.82, 2.24) is 20.3 Å². The van der Waals surface area contributed by atoms with E-state index in [4.69, 9.17) is 9.72 Å². The Hall–Kier alpha value is -3.48. The third-order valence-corrected chi connectivity index (χ3v) is 11.5. The molecule has 4 N–H and O–H groups in total. The van der Waals surface area contributed by atoms with Crippen LogP contribution in [-0.4, -0.2) is 42.7 Å². The van der Waals surface area contributed by atoms with Gasteiger partial charge in [-0.25, -0.2) is 27.7 Å². The number of fused-ring (bicyclic) bond motifs is 3. The summed E-state index contributed by atoms with van der Waals surface area (Å²) in [6, 6.07) is 14.1. The van der Waals surface area contributed by atoms with E-state index in [9.17, 15) is 18.0 Å². The van der Waals surface area contributed by atoms with Gasteiger partial charge in [0.25, 0.3) is 0 Å². The second-order valence-corrected chi connectivity index (χ2v) is 16.2. The third kappa shape index (κ3) is 7.85. The molecule has 1 aromatic heterocycles. The molecule has 3 aromatic rings. The molecule has 3 fully saturated rings. The number of hydrogen-bond donors (Lipinski definition) is 4. The number of amides is 3. The summed E-state index contributed by atoms with van der Waals surface area (Å²) in [5.41, 5.74) is 0.568. The molecule has 242 valence electrons. The Morgan fingerprint density at radius 3 is 2.29 bits per heavy atom. The van der Waals surface area contributed by atoms with E-state index in [-0.39, 0.29) is 22.4 Å². The van der Waals surface area contributed by atoms with Crippen molar-refractivity contribution in [3.05, 3.63) is 65.3 Å². The number of anilines is 1. The highest BCUT2D eigenvalue weighted by Crippen LogP contribution is 2.56. The van der Waals surface area contributed by atoms with Crippen LogP contribution in [-0.2, 0) is 26.7 Å². The molecule has 12 heteroatoms. The molecule has 2 bridgehead atoms. The van der Waals surface area contributed by atoms with E-state index in [1.165, 1.54) is 17.4 Å². The number of alkyl carbamates (subject to hydrolysis) is 1. The van der Waals surface area contributed by atoms with Gasteiger partial charge in [-0.15, -0.1) is 11.3 Å². The standard InChI is InChI=1S/C33H43N5O5S2/c1-22(2)36-30(40)43-33-16-13-32(14-17-33,15-18-33)28-34-21-26(44-28)25-12-11-24(19-27(25)45(41,42)38-31(3,4)5)37-29(39)35-20-23-9-7-6-8-10-23/h6-12,19,21-22,38H,13-18,20H2,1-5H3,(H,36,40)(H2,35,37,39). The van der Waals surface area contributed by atoms with Gasteiger partial charge in [-0.1, -0.05) is 36.4 Å². The number of rotatable bonds is 9. The van der Waals surface area contributed by atoms with Gasteiger partial charge < -0.3 is 20.7 Å². The highest BCUT2D eigenvalue weighted by molar-refractivity contribution is 7.89. The summed E-state index contributed by atoms with van der Waals surface area (Å²) in [4.78, 5) is 30.7. The quantitative estimate of drug-likeness (QED) is 0.203. The Bertz CT molecular complexity index is 1620. The van der Waals surface area contributed by atoms with E-state index < -0.39 is 27.2 Å². The maximum Gasteiger partial charge on any atom is 0.407 e. The SMILES string of the molecule is CC(C)NC(=O)OC12CCC(c3ncc(-c4ccc(NC(=O)NCc5ccccc5)cc4S(=O)(=O)NC(C)(C)C)s3)(CC1)CC2. The molecule has 3 saturated carbocycles. The summed E-state index contributed by atoms with van der Waals surface area (Å²) in [7, 11) is -3.96. The molecule has 0 aliphatic heterocycles. The molecule has 0 spiro atoms. The predicted octanol–water partition coefficient (Wildman–Crippen LogP) is 6.69. The minimum absolute atomic E-state index is 0.0165. The average molecular weight is 654 g/mol. The molecule has 1 heterocycles. The molecule has 2 aromatic carbocycles. The van der Waals surface area contributed by atoms with E-state index in [2.05, 4.69) is 20.7 Å². The lowest BCUT2D eigenvalue weighted by molar-refractivity contribution is -0.0750. The van der Waals surface area contributed by atoms with Gasteiger partial charge in [0, 0.05) is 41.0 Å². The highest BCUT2D eigenvalue weighted by atomic mass is 32.2. The molecule has 0 saturated heterocycles. The lowest BCUT2D eigenvalue weighted by atomic mass is 9.59. The van der Waals surface area contributed by atoms with Crippen molar-refractivity contribution in [2.24, 2.45) is 0 Å². The number of hydrogen-bond acceptors (Lipinski definition) is 7. The number of nitrogens with zero attached hydrogens (tertiary/aromatic N) is 1. The number of nitrogens with one attached hydrogen (secondary N) is 4. The minimum Gasteiger partial charge on any atom is -0.443 e.